The lowest BCUT2D eigenvalue weighted by molar-refractivity contribution is -0.206. The van der Waals surface area contributed by atoms with E-state index < -0.39 is 82.3 Å². The average Bonchev–Trinajstić information content (AvgIpc) is 2.80. The van der Waals surface area contributed by atoms with Crippen LogP contribution in [0, 0.1) is 29.6 Å². The Morgan fingerprint density at radius 3 is 2.32 bits per heavy atom. The molecule has 3 aliphatic carbocycles. The first-order valence-electron chi connectivity index (χ1n) is 12.5. The van der Waals surface area contributed by atoms with Crippen molar-refractivity contribution in [2.45, 2.75) is 50.9 Å². The summed E-state index contributed by atoms with van der Waals surface area (Å²) in [4.78, 5) is 81.4. The molecule has 8 atom stereocenters. The zero-order valence-electron chi connectivity index (χ0n) is 21.8. The Morgan fingerprint density at radius 1 is 1.13 bits per heavy atom. The van der Waals surface area contributed by atoms with Crippen LogP contribution in [0.5, 0.6) is 5.75 Å². The molecule has 2 saturated carbocycles. The molecule has 3 aliphatic rings. The molecule has 0 saturated heterocycles. The van der Waals surface area contributed by atoms with Gasteiger partial charge in [0.2, 0.25) is 5.91 Å². The Bertz CT molecular complexity index is 1250. The van der Waals surface area contributed by atoms with Crippen molar-refractivity contribution in [1.29, 1.82) is 0 Å². The predicted octanol–water partition coefficient (Wildman–Crippen LogP) is -0.00420. The minimum Gasteiger partial charge on any atom is -0.507 e. The van der Waals surface area contributed by atoms with Crippen LogP contribution in [0.1, 0.15) is 49.0 Å². The molecule has 2 fully saturated rings. The highest BCUT2D eigenvalue weighted by molar-refractivity contribution is 6.32. The van der Waals surface area contributed by atoms with E-state index in [1.54, 1.807) is 26.8 Å². The molecule has 204 valence electrons. The molecule has 11 heteroatoms. The number of phenols is 1. The van der Waals surface area contributed by atoms with Gasteiger partial charge in [0.15, 0.2) is 34.7 Å². The molecule has 0 heterocycles. The number of fused-ring (bicyclic) bond motifs is 3. The average molecular weight is 529 g/mol. The van der Waals surface area contributed by atoms with Gasteiger partial charge in [0, 0.05) is 12.3 Å². The van der Waals surface area contributed by atoms with E-state index in [4.69, 9.17) is 10.5 Å². The summed E-state index contributed by atoms with van der Waals surface area (Å²) in [7, 11) is 2.92. The molecule has 1 aromatic rings. The highest BCUT2D eigenvalue weighted by Gasteiger charge is 2.74. The number of esters is 1. The third kappa shape index (κ3) is 3.79. The zero-order valence-corrected chi connectivity index (χ0v) is 21.8. The van der Waals surface area contributed by atoms with Crippen molar-refractivity contribution in [3.05, 3.63) is 29.3 Å². The fourth-order valence-electron chi connectivity index (χ4n) is 6.60. The smallest absolute Gasteiger partial charge is 0.306 e. The summed E-state index contributed by atoms with van der Waals surface area (Å²) < 4.78 is 5.88. The van der Waals surface area contributed by atoms with Crippen molar-refractivity contribution in [2.24, 2.45) is 35.3 Å². The number of carbonyl (C=O) groups excluding carboxylic acids is 6. The van der Waals surface area contributed by atoms with E-state index in [1.807, 2.05) is 0 Å². The Morgan fingerprint density at radius 2 is 1.76 bits per heavy atom. The van der Waals surface area contributed by atoms with E-state index in [-0.39, 0.29) is 23.7 Å². The third-order valence-corrected chi connectivity index (χ3v) is 8.17. The van der Waals surface area contributed by atoms with Gasteiger partial charge in [-0.15, -0.1) is 0 Å². The number of nitrogens with two attached hydrogens (primary N) is 1. The Kier molecular flexibility index (Phi) is 6.82. The summed E-state index contributed by atoms with van der Waals surface area (Å²) in [5.41, 5.74) is 2.62. The SMILES string of the molecule is CC(C)CC(=O)O[C@@H]1[C@@H]2C(C(=O)c3c(O)cccc3[C@H]2C)C(=O)[C@@]2(O)C(=O)C(C(N)=O)C(=O)[C@H](N(C)C)[C@@H]12. The number of amides is 1. The highest BCUT2D eigenvalue weighted by Crippen LogP contribution is 2.55. The van der Waals surface area contributed by atoms with Crippen LogP contribution >= 0.6 is 0 Å². The van der Waals surface area contributed by atoms with Gasteiger partial charge in [0.25, 0.3) is 0 Å². The number of aromatic hydroxyl groups is 1. The third-order valence-electron chi connectivity index (χ3n) is 8.17. The summed E-state index contributed by atoms with van der Waals surface area (Å²) in [6.07, 6.45) is -1.47. The molecule has 0 aromatic heterocycles. The van der Waals surface area contributed by atoms with Gasteiger partial charge in [0.05, 0.1) is 23.4 Å². The van der Waals surface area contributed by atoms with Crippen molar-refractivity contribution >= 4 is 35.0 Å². The van der Waals surface area contributed by atoms with Crippen molar-refractivity contribution in [3.63, 3.8) is 0 Å². The molecular weight excluding hydrogens is 496 g/mol. The minimum absolute atomic E-state index is 0.0366. The summed E-state index contributed by atoms with van der Waals surface area (Å²) in [5.74, 6) is -14.1. The topological polar surface area (TPSA) is 181 Å². The summed E-state index contributed by atoms with van der Waals surface area (Å²) >= 11 is 0. The number of ketones is 4. The van der Waals surface area contributed by atoms with E-state index in [0.29, 0.717) is 5.56 Å². The lowest BCUT2D eigenvalue weighted by Gasteiger charge is -2.56. The van der Waals surface area contributed by atoms with E-state index in [0.717, 1.165) is 0 Å². The lowest BCUT2D eigenvalue weighted by atomic mass is 9.49. The normalized spacial score (nSPS) is 34.6. The van der Waals surface area contributed by atoms with Crippen molar-refractivity contribution in [2.75, 3.05) is 14.1 Å². The van der Waals surface area contributed by atoms with Gasteiger partial charge in [-0.25, -0.2) is 0 Å². The fourth-order valence-corrected chi connectivity index (χ4v) is 6.60. The van der Waals surface area contributed by atoms with Crippen LogP contribution < -0.4 is 5.73 Å². The van der Waals surface area contributed by atoms with Gasteiger partial charge in [0.1, 0.15) is 11.9 Å². The number of phenolic OH excluding ortho intramolecular Hbond substituents is 1. The van der Waals surface area contributed by atoms with Gasteiger partial charge < -0.3 is 20.7 Å². The van der Waals surface area contributed by atoms with Crippen LogP contribution in [-0.2, 0) is 28.7 Å². The van der Waals surface area contributed by atoms with Crippen LogP contribution in [0.25, 0.3) is 0 Å². The number of rotatable bonds is 5. The van der Waals surface area contributed by atoms with Gasteiger partial charge >= 0.3 is 5.97 Å². The fraction of sp³-hybridized carbons (Fsp3) is 0.556. The van der Waals surface area contributed by atoms with Crippen LogP contribution in [0.2, 0.25) is 0 Å². The standard InChI is InChI=1S/C27H32N2O9/c1-10(2)9-14(31)38-23-15-11(3)12-7-6-8-13(30)16(12)21(32)17(15)24(34)27(37)19(23)20(29(4)5)22(33)18(25(27)35)26(28)36/h6-8,10-11,15,17-20,23,30,37H,9H2,1-5H3,(H2,28,36)/t11-,15+,17?,18?,19+,20-,23-,27-/m1/s1. The number of likely N-dealkylation sites (N-methyl/N-ethyl adjacent to an activating group) is 1. The molecule has 4 N–H and O–H groups in total. The summed E-state index contributed by atoms with van der Waals surface area (Å²) in [5, 5.41) is 22.4. The maximum Gasteiger partial charge on any atom is 0.306 e. The molecule has 1 amide bonds. The van der Waals surface area contributed by atoms with Crippen LogP contribution in [0.4, 0.5) is 0 Å². The molecule has 0 aliphatic heterocycles. The predicted molar refractivity (Wildman–Crippen MR) is 131 cm³/mol. The minimum atomic E-state index is -3.02. The van der Waals surface area contributed by atoms with Crippen molar-refractivity contribution in [1.82, 2.24) is 4.90 Å². The monoisotopic (exact) mass is 528 g/mol. The molecule has 11 nitrogen and oxygen atoms in total. The maximum atomic E-state index is 14.1. The number of ether oxygens (including phenoxy) is 1. The zero-order chi connectivity index (χ0) is 28.4. The van der Waals surface area contributed by atoms with Crippen molar-refractivity contribution < 1.29 is 43.7 Å². The van der Waals surface area contributed by atoms with E-state index >= 15 is 0 Å². The van der Waals surface area contributed by atoms with Gasteiger partial charge in [-0.05, 0) is 37.6 Å². The second-order valence-electron chi connectivity index (χ2n) is 11.2. The van der Waals surface area contributed by atoms with Crippen LogP contribution in [0.3, 0.4) is 0 Å². The second-order valence-corrected chi connectivity index (χ2v) is 11.2. The first-order chi connectivity index (χ1) is 17.7. The Balaban J connectivity index is 2.00. The second kappa shape index (κ2) is 9.39. The van der Waals surface area contributed by atoms with Gasteiger partial charge in [-0.2, -0.15) is 0 Å². The molecule has 4 rings (SSSR count). The Hall–Kier alpha value is -3.44. The number of primary amides is 1. The molecule has 0 spiro atoms. The lowest BCUT2D eigenvalue weighted by Crippen LogP contribution is -2.78. The molecule has 38 heavy (non-hydrogen) atoms. The van der Waals surface area contributed by atoms with E-state index in [1.165, 1.54) is 31.1 Å². The first-order valence-corrected chi connectivity index (χ1v) is 12.5. The largest absolute Gasteiger partial charge is 0.507 e. The number of Topliss-reactive ketones (excluding diaryl/α,β-unsaturated/α-hetero) is 4. The van der Waals surface area contributed by atoms with Crippen molar-refractivity contribution in [3.8, 4) is 5.75 Å². The van der Waals surface area contributed by atoms with E-state index in [2.05, 4.69) is 0 Å². The maximum absolute atomic E-state index is 14.1. The number of benzene rings is 1. The number of hydrogen-bond acceptors (Lipinski definition) is 10. The number of nitrogens with zero attached hydrogens (tertiary/aromatic N) is 1. The first kappa shape index (κ1) is 27.6. The molecule has 0 radical (unpaired) electrons. The number of hydrogen-bond donors (Lipinski definition) is 3. The van der Waals surface area contributed by atoms with Gasteiger partial charge in [-0.3, -0.25) is 33.7 Å². The highest BCUT2D eigenvalue weighted by atomic mass is 16.5. The molecule has 1 aromatic carbocycles. The molecule has 0 bridgehead atoms. The molecule has 2 unspecified atom stereocenters. The van der Waals surface area contributed by atoms with Crippen LogP contribution in [0.15, 0.2) is 18.2 Å². The van der Waals surface area contributed by atoms with E-state index in [9.17, 15) is 39.0 Å². The molecular formula is C27H32N2O9. The van der Waals surface area contributed by atoms with Crippen LogP contribution in [-0.4, -0.2) is 82.0 Å². The summed E-state index contributed by atoms with van der Waals surface area (Å²) in [6, 6.07) is 3.01. The quantitative estimate of drug-likeness (QED) is 0.347. The number of aliphatic hydroxyl groups is 1. The van der Waals surface area contributed by atoms with Gasteiger partial charge in [-0.1, -0.05) is 32.9 Å². The summed E-state index contributed by atoms with van der Waals surface area (Å²) in [6.45, 7) is 5.25. The number of carbonyl (C=O) groups is 6. The Labute approximate surface area is 219 Å².